The van der Waals surface area contributed by atoms with Gasteiger partial charge in [0.1, 0.15) is 0 Å². The van der Waals surface area contributed by atoms with Crippen molar-refractivity contribution in [1.82, 2.24) is 5.32 Å². The zero-order chi connectivity index (χ0) is 53.6. The Morgan fingerprint density at radius 2 is 0.635 bits per heavy atom. The average Bonchev–Trinajstić information content (AvgIpc) is 3.40. The van der Waals surface area contributed by atoms with Crippen LogP contribution in [0.25, 0.3) is 0 Å². The normalized spacial score (nSPS) is 12.6. The Labute approximate surface area is 462 Å². The zero-order valence-electron chi connectivity index (χ0n) is 50.1. The van der Waals surface area contributed by atoms with Crippen molar-refractivity contribution >= 4 is 11.9 Å². The molecule has 0 rings (SSSR count). The van der Waals surface area contributed by atoms with Crippen molar-refractivity contribution in [2.75, 3.05) is 13.2 Å². The maximum absolute atomic E-state index is 12.5. The number of aliphatic hydroxyl groups is 2. The quantitative estimate of drug-likeness (QED) is 0.0320. The summed E-state index contributed by atoms with van der Waals surface area (Å²) in [6, 6.07) is -0.628. The van der Waals surface area contributed by atoms with Crippen LogP contribution < -0.4 is 5.32 Å². The van der Waals surface area contributed by atoms with Crippen molar-refractivity contribution in [2.24, 2.45) is 0 Å². The molecule has 0 aliphatic heterocycles. The number of esters is 1. The van der Waals surface area contributed by atoms with Crippen LogP contribution in [-0.2, 0) is 14.3 Å². The molecule has 74 heavy (non-hydrogen) atoms. The summed E-state index contributed by atoms with van der Waals surface area (Å²) in [5, 5.41) is 23.2. The summed E-state index contributed by atoms with van der Waals surface area (Å²) >= 11 is 0. The minimum Gasteiger partial charge on any atom is -0.466 e. The van der Waals surface area contributed by atoms with Gasteiger partial charge in [-0.05, 0) is 57.8 Å². The molecule has 0 fully saturated rings. The third-order valence-electron chi connectivity index (χ3n) is 15.7. The molecule has 0 aliphatic rings. The zero-order valence-corrected chi connectivity index (χ0v) is 50.1. The number of unbranched alkanes of at least 4 members (excludes halogenated alkanes) is 50. The molecular formula is C68H131NO5. The molecule has 2 atom stereocenters. The highest BCUT2D eigenvalue weighted by atomic mass is 16.5. The lowest BCUT2D eigenvalue weighted by Gasteiger charge is -2.20. The predicted octanol–water partition coefficient (Wildman–Crippen LogP) is 21.4. The molecule has 0 bridgehead atoms. The smallest absolute Gasteiger partial charge is 0.305 e. The van der Waals surface area contributed by atoms with Gasteiger partial charge in [-0.3, -0.25) is 9.59 Å². The summed E-state index contributed by atoms with van der Waals surface area (Å²) < 4.78 is 5.48. The van der Waals surface area contributed by atoms with Crippen LogP contribution in [0.4, 0.5) is 0 Å². The minimum atomic E-state index is -0.845. The molecule has 0 aromatic heterocycles. The number of hydrogen-bond donors (Lipinski definition) is 3. The molecule has 6 heteroatoms. The van der Waals surface area contributed by atoms with Gasteiger partial charge in [0.25, 0.3) is 0 Å². The van der Waals surface area contributed by atoms with E-state index in [0.29, 0.717) is 19.4 Å². The Hall–Kier alpha value is -1.66. The monoisotopic (exact) mass is 1040 g/mol. The van der Waals surface area contributed by atoms with E-state index in [9.17, 15) is 19.8 Å². The lowest BCUT2D eigenvalue weighted by atomic mass is 10.0. The van der Waals surface area contributed by atoms with E-state index < -0.39 is 12.1 Å². The van der Waals surface area contributed by atoms with Gasteiger partial charge in [-0.15, -0.1) is 0 Å². The predicted molar refractivity (Wildman–Crippen MR) is 324 cm³/mol. The van der Waals surface area contributed by atoms with Gasteiger partial charge >= 0.3 is 5.97 Å². The molecule has 2 unspecified atom stereocenters. The highest BCUT2D eigenvalue weighted by Crippen LogP contribution is 2.18. The number of ether oxygens (including phenoxy) is 1. The summed E-state index contributed by atoms with van der Waals surface area (Å²) in [5.41, 5.74) is 0. The molecule has 1 amide bonds. The van der Waals surface area contributed by atoms with E-state index in [4.69, 9.17) is 4.74 Å². The van der Waals surface area contributed by atoms with Crippen LogP contribution in [0.5, 0.6) is 0 Å². The lowest BCUT2D eigenvalue weighted by Crippen LogP contribution is -2.45. The van der Waals surface area contributed by atoms with Gasteiger partial charge in [0.15, 0.2) is 0 Å². The first-order chi connectivity index (χ1) is 36.5. The van der Waals surface area contributed by atoms with Crippen LogP contribution in [0.15, 0.2) is 24.3 Å². The van der Waals surface area contributed by atoms with Gasteiger partial charge in [-0.25, -0.2) is 0 Å². The highest BCUT2D eigenvalue weighted by molar-refractivity contribution is 5.76. The van der Waals surface area contributed by atoms with Gasteiger partial charge in [-0.1, -0.05) is 327 Å². The number of carbonyl (C=O) groups excluding carboxylic acids is 2. The first-order valence-electron chi connectivity index (χ1n) is 33.6. The summed E-state index contributed by atoms with van der Waals surface area (Å²) in [7, 11) is 0. The first-order valence-corrected chi connectivity index (χ1v) is 33.6. The molecule has 438 valence electrons. The molecule has 0 aliphatic carbocycles. The number of aliphatic hydroxyl groups excluding tert-OH is 2. The van der Waals surface area contributed by atoms with Gasteiger partial charge in [0.05, 0.1) is 25.4 Å². The average molecular weight is 1040 g/mol. The maximum atomic E-state index is 12.5. The maximum Gasteiger partial charge on any atom is 0.305 e. The van der Waals surface area contributed by atoms with Crippen LogP contribution in [0.2, 0.25) is 0 Å². The standard InChI is InChI=1S/C68H131NO5/c1-3-5-7-9-11-13-15-17-18-19-31-34-37-40-44-48-52-56-60-66(71)65(64-70)69-67(72)61-57-53-49-45-41-38-35-32-29-27-25-23-21-20-22-24-26-28-30-33-36-39-43-47-51-55-59-63-74-68(73)62-58-54-50-46-42-16-14-12-10-8-6-4-2/h20-21,56,60,65-66,70-71H,3-19,22-55,57-59,61-64H2,1-2H3,(H,69,72)/b21-20-,60-56+. The van der Waals surface area contributed by atoms with E-state index in [1.165, 1.54) is 308 Å². The molecule has 0 saturated heterocycles. The minimum absolute atomic E-state index is 0.0159. The van der Waals surface area contributed by atoms with Crippen molar-refractivity contribution in [2.45, 2.75) is 386 Å². The summed E-state index contributed by atoms with van der Waals surface area (Å²) in [4.78, 5) is 24.5. The van der Waals surface area contributed by atoms with Gasteiger partial charge in [-0.2, -0.15) is 0 Å². The van der Waals surface area contributed by atoms with E-state index >= 15 is 0 Å². The number of allylic oxidation sites excluding steroid dienone is 3. The van der Waals surface area contributed by atoms with Gasteiger partial charge < -0.3 is 20.3 Å². The lowest BCUT2D eigenvalue weighted by molar-refractivity contribution is -0.143. The van der Waals surface area contributed by atoms with Crippen LogP contribution in [-0.4, -0.2) is 47.4 Å². The Morgan fingerprint density at radius 1 is 0.365 bits per heavy atom. The van der Waals surface area contributed by atoms with Crippen molar-refractivity contribution in [3.8, 4) is 0 Å². The summed E-state index contributed by atoms with van der Waals surface area (Å²) in [5.74, 6) is -0.0498. The Bertz CT molecular complexity index is 1150. The SMILES string of the molecule is CCCCCCCCCCCCCCCCCC/C=C/C(O)C(CO)NC(=O)CCCCCCCCCCCCC/C=C\CCCCCCCCCCCCCCOC(=O)CCCCCCCCCCCCCC. The van der Waals surface area contributed by atoms with E-state index in [1.54, 1.807) is 6.08 Å². The first kappa shape index (κ1) is 72.3. The Kier molecular flexibility index (Phi) is 62.4. The van der Waals surface area contributed by atoms with E-state index in [-0.39, 0.29) is 18.5 Å². The van der Waals surface area contributed by atoms with Crippen LogP contribution in [0, 0.1) is 0 Å². The molecule has 6 nitrogen and oxygen atoms in total. The molecular weight excluding hydrogens is 911 g/mol. The van der Waals surface area contributed by atoms with Crippen LogP contribution >= 0.6 is 0 Å². The van der Waals surface area contributed by atoms with Gasteiger partial charge in [0, 0.05) is 12.8 Å². The molecule has 0 aromatic rings. The van der Waals surface area contributed by atoms with Crippen molar-refractivity contribution in [3.05, 3.63) is 24.3 Å². The second-order valence-corrected chi connectivity index (χ2v) is 23.2. The largest absolute Gasteiger partial charge is 0.466 e. The van der Waals surface area contributed by atoms with E-state index in [2.05, 4.69) is 31.3 Å². The fourth-order valence-electron chi connectivity index (χ4n) is 10.6. The van der Waals surface area contributed by atoms with Crippen LogP contribution in [0.3, 0.4) is 0 Å². The fourth-order valence-corrected chi connectivity index (χ4v) is 10.6. The van der Waals surface area contributed by atoms with E-state index in [1.807, 2.05) is 6.08 Å². The third kappa shape index (κ3) is 59.6. The van der Waals surface area contributed by atoms with Crippen LogP contribution in [0.1, 0.15) is 373 Å². The molecule has 0 saturated carbocycles. The fraction of sp³-hybridized carbons (Fsp3) is 0.912. The number of nitrogens with one attached hydrogen (secondary N) is 1. The second-order valence-electron chi connectivity index (χ2n) is 23.2. The second kappa shape index (κ2) is 63.9. The van der Waals surface area contributed by atoms with Crippen molar-refractivity contribution in [3.63, 3.8) is 0 Å². The summed E-state index contributed by atoms with van der Waals surface area (Å²) in [6.07, 6.45) is 79.5. The summed E-state index contributed by atoms with van der Waals surface area (Å²) in [6.45, 7) is 4.93. The number of amides is 1. The van der Waals surface area contributed by atoms with Gasteiger partial charge in [0.2, 0.25) is 5.91 Å². The number of hydrogen-bond acceptors (Lipinski definition) is 5. The number of carbonyl (C=O) groups is 2. The van der Waals surface area contributed by atoms with Crippen molar-refractivity contribution in [1.29, 1.82) is 0 Å². The van der Waals surface area contributed by atoms with Crippen molar-refractivity contribution < 1.29 is 24.5 Å². The van der Waals surface area contributed by atoms with E-state index in [0.717, 1.165) is 38.5 Å². The number of rotatable bonds is 63. The highest BCUT2D eigenvalue weighted by Gasteiger charge is 2.18. The molecule has 3 N–H and O–H groups in total. The molecule has 0 radical (unpaired) electrons. The third-order valence-corrected chi connectivity index (χ3v) is 15.7. The Morgan fingerprint density at radius 3 is 0.959 bits per heavy atom. The Balaban J connectivity index is 3.41. The topological polar surface area (TPSA) is 95.9 Å². The molecule has 0 spiro atoms. The molecule has 0 aromatic carbocycles. The molecule has 0 heterocycles.